The van der Waals surface area contributed by atoms with Crippen molar-refractivity contribution in [3.63, 3.8) is 0 Å². The minimum absolute atomic E-state index is 0. The predicted octanol–water partition coefficient (Wildman–Crippen LogP) is 0.963. The second kappa shape index (κ2) is 5.85. The first-order valence-corrected chi connectivity index (χ1v) is 3.50. The number of rotatable bonds is 3. The Hall–Kier alpha value is -0.718. The molecule has 13 heavy (non-hydrogen) atoms. The second-order valence-electron chi connectivity index (χ2n) is 2.36. The Morgan fingerprint density at radius 3 is 2.15 bits per heavy atom. The van der Waals surface area contributed by atoms with E-state index in [0.717, 1.165) is 0 Å². The molecule has 65 valence electrons. The summed E-state index contributed by atoms with van der Waals surface area (Å²) in [6, 6.07) is 8.39. The van der Waals surface area contributed by atoms with Crippen LogP contribution in [-0.4, -0.2) is 44.2 Å². The molecule has 0 saturated heterocycles. The van der Waals surface area contributed by atoms with Gasteiger partial charge in [-0.25, -0.2) is 0 Å². The van der Waals surface area contributed by atoms with E-state index in [0.29, 0.717) is 5.56 Å². The molecule has 0 aliphatic heterocycles. The summed E-state index contributed by atoms with van der Waals surface area (Å²) >= 11 is 0. The SMILES string of the molecule is O=C(O)CC(=O)c1ccccc1.[Tl]. The van der Waals surface area contributed by atoms with Crippen molar-refractivity contribution >= 4 is 39.1 Å². The zero-order valence-electron chi connectivity index (χ0n) is 6.93. The average molecular weight is 369 g/mol. The molecule has 0 spiro atoms. The van der Waals surface area contributed by atoms with Gasteiger partial charge in [0.05, 0.1) is 0 Å². The molecule has 1 radical (unpaired) electrons. The molecule has 0 unspecified atom stereocenters. The number of hydrogen-bond acceptors (Lipinski definition) is 2. The van der Waals surface area contributed by atoms with Crippen LogP contribution in [0.2, 0.25) is 0 Å². The van der Waals surface area contributed by atoms with Crippen molar-refractivity contribution < 1.29 is 14.7 Å². The zero-order chi connectivity index (χ0) is 8.97. The van der Waals surface area contributed by atoms with Gasteiger partial charge in [0.15, 0.2) is 5.78 Å². The van der Waals surface area contributed by atoms with Gasteiger partial charge in [0.25, 0.3) is 0 Å². The standard InChI is InChI=1S/C9H8O3.Tl/c10-8(6-9(11)12)7-4-2-1-3-5-7;/h1-5H,6H2,(H,11,12);. The van der Waals surface area contributed by atoms with Crippen LogP contribution < -0.4 is 0 Å². The largest absolute Gasteiger partial charge is 0.481 e. The molecule has 0 atom stereocenters. The number of Topliss-reactive ketones (excluding diaryl/α,β-unsaturated/α-hetero) is 1. The Balaban J connectivity index is 0.00000144. The van der Waals surface area contributed by atoms with Crippen LogP contribution in [0.15, 0.2) is 30.3 Å². The third kappa shape index (κ3) is 4.16. The van der Waals surface area contributed by atoms with Gasteiger partial charge in [0.1, 0.15) is 6.42 Å². The molecule has 0 saturated carbocycles. The molecule has 0 heterocycles. The van der Waals surface area contributed by atoms with Crippen LogP contribution in [0.1, 0.15) is 16.8 Å². The van der Waals surface area contributed by atoms with Crippen molar-refractivity contribution in [2.75, 3.05) is 0 Å². The molecule has 1 aromatic rings. The Morgan fingerprint density at radius 1 is 1.15 bits per heavy atom. The molecule has 3 nitrogen and oxygen atoms in total. The first-order valence-electron chi connectivity index (χ1n) is 3.50. The van der Waals surface area contributed by atoms with Gasteiger partial charge in [-0.3, -0.25) is 9.59 Å². The maximum Gasteiger partial charge on any atom is 0.311 e. The molecule has 1 aromatic carbocycles. The number of carboxylic acids is 1. The maximum absolute atomic E-state index is 11.1. The molecule has 0 aromatic heterocycles. The van der Waals surface area contributed by atoms with Crippen LogP contribution in [0.25, 0.3) is 0 Å². The molecular formula is C9H8O3Tl. The van der Waals surface area contributed by atoms with E-state index in [-0.39, 0.29) is 33.1 Å². The Bertz CT molecular complexity index is 295. The summed E-state index contributed by atoms with van der Waals surface area (Å²) in [6.07, 6.45) is -0.440. The fraction of sp³-hybridized carbons (Fsp3) is 0.111. The van der Waals surface area contributed by atoms with Crippen LogP contribution in [0.4, 0.5) is 0 Å². The average Bonchev–Trinajstić information content (AvgIpc) is 2.05. The fourth-order valence-corrected chi connectivity index (χ4v) is 0.863. The number of carbonyl (C=O) groups is 2. The van der Waals surface area contributed by atoms with E-state index < -0.39 is 12.4 Å². The third-order valence-electron chi connectivity index (χ3n) is 1.41. The van der Waals surface area contributed by atoms with Gasteiger partial charge in [-0.2, -0.15) is 0 Å². The van der Waals surface area contributed by atoms with E-state index in [9.17, 15) is 9.59 Å². The van der Waals surface area contributed by atoms with Crippen molar-refractivity contribution in [2.45, 2.75) is 6.42 Å². The van der Waals surface area contributed by atoms with Crippen molar-refractivity contribution in [3.8, 4) is 0 Å². The summed E-state index contributed by atoms with van der Waals surface area (Å²) in [4.78, 5) is 21.2. The summed E-state index contributed by atoms with van der Waals surface area (Å²) < 4.78 is 0. The van der Waals surface area contributed by atoms with Gasteiger partial charge in [-0.1, -0.05) is 30.3 Å². The Morgan fingerprint density at radius 2 is 1.69 bits per heavy atom. The number of carboxylic acid groups (broad SMARTS) is 1. The second-order valence-corrected chi connectivity index (χ2v) is 2.36. The molecule has 1 rings (SSSR count). The summed E-state index contributed by atoms with van der Waals surface area (Å²) in [5.74, 6) is -1.45. The van der Waals surface area contributed by atoms with Gasteiger partial charge in [-0.05, 0) is 0 Å². The van der Waals surface area contributed by atoms with Crippen LogP contribution in [0, 0.1) is 0 Å². The zero-order valence-corrected chi connectivity index (χ0v) is 11.4. The van der Waals surface area contributed by atoms with Gasteiger partial charge < -0.3 is 5.11 Å². The van der Waals surface area contributed by atoms with Crippen molar-refractivity contribution in [1.82, 2.24) is 0 Å². The fourth-order valence-electron chi connectivity index (χ4n) is 0.863. The van der Waals surface area contributed by atoms with E-state index in [1.165, 1.54) is 0 Å². The molecule has 0 fully saturated rings. The smallest absolute Gasteiger partial charge is 0.311 e. The minimum atomic E-state index is -1.09. The first-order chi connectivity index (χ1) is 5.70. The van der Waals surface area contributed by atoms with Gasteiger partial charge in [-0.15, -0.1) is 0 Å². The summed E-state index contributed by atoms with van der Waals surface area (Å²) in [7, 11) is 0. The molecule has 0 aliphatic carbocycles. The van der Waals surface area contributed by atoms with E-state index in [4.69, 9.17) is 5.11 Å². The van der Waals surface area contributed by atoms with Gasteiger partial charge in [0.2, 0.25) is 0 Å². The number of aliphatic carboxylic acids is 1. The van der Waals surface area contributed by atoms with Gasteiger partial charge >= 0.3 is 5.97 Å². The van der Waals surface area contributed by atoms with Crippen LogP contribution >= 0.6 is 0 Å². The molecular weight excluding hydrogens is 360 g/mol. The molecule has 1 N–H and O–H groups in total. The predicted molar refractivity (Wildman–Crippen MR) is 48.8 cm³/mol. The van der Waals surface area contributed by atoms with E-state index in [1.54, 1.807) is 30.3 Å². The van der Waals surface area contributed by atoms with E-state index in [1.807, 2.05) is 0 Å². The number of benzene rings is 1. The third-order valence-corrected chi connectivity index (χ3v) is 1.41. The molecule has 4 heteroatoms. The minimum Gasteiger partial charge on any atom is -0.481 e. The topological polar surface area (TPSA) is 54.4 Å². The molecule has 0 amide bonds. The Labute approximate surface area is 95.9 Å². The summed E-state index contributed by atoms with van der Waals surface area (Å²) in [5.41, 5.74) is 0.444. The summed E-state index contributed by atoms with van der Waals surface area (Å²) in [5, 5.41) is 8.32. The monoisotopic (exact) mass is 369 g/mol. The molecule has 0 bridgehead atoms. The van der Waals surface area contributed by atoms with Crippen molar-refractivity contribution in [1.29, 1.82) is 0 Å². The van der Waals surface area contributed by atoms with Crippen LogP contribution in [0.5, 0.6) is 0 Å². The first kappa shape index (κ1) is 12.3. The number of carbonyl (C=O) groups excluding carboxylic acids is 1. The molecule has 0 aliphatic rings. The van der Waals surface area contributed by atoms with Crippen molar-refractivity contribution in [2.24, 2.45) is 0 Å². The van der Waals surface area contributed by atoms with Gasteiger partial charge in [0, 0.05) is 32.9 Å². The Kier molecular flexibility index (Phi) is 5.52. The maximum atomic E-state index is 11.1. The number of hydrogen-bond donors (Lipinski definition) is 1. The quantitative estimate of drug-likeness (QED) is 0.491. The summed E-state index contributed by atoms with van der Waals surface area (Å²) in [6.45, 7) is 0. The van der Waals surface area contributed by atoms with Crippen LogP contribution in [-0.2, 0) is 4.79 Å². The number of ketones is 1. The van der Waals surface area contributed by atoms with E-state index >= 15 is 0 Å². The normalized spacial score (nSPS) is 8.62. The van der Waals surface area contributed by atoms with Crippen molar-refractivity contribution in [3.05, 3.63) is 35.9 Å². The van der Waals surface area contributed by atoms with E-state index in [2.05, 4.69) is 0 Å². The van der Waals surface area contributed by atoms with Crippen LogP contribution in [0.3, 0.4) is 0 Å².